The van der Waals surface area contributed by atoms with Crippen LogP contribution in [-0.2, 0) is 28.6 Å². The van der Waals surface area contributed by atoms with Crippen LogP contribution in [0.25, 0.3) is 0 Å². The van der Waals surface area contributed by atoms with Gasteiger partial charge in [-0.1, -0.05) is 227 Å². The van der Waals surface area contributed by atoms with Crippen molar-refractivity contribution in [3.63, 3.8) is 0 Å². The van der Waals surface area contributed by atoms with Crippen LogP contribution < -0.4 is 0 Å². The highest BCUT2D eigenvalue weighted by atomic mass is 16.6. The van der Waals surface area contributed by atoms with E-state index in [2.05, 4.69) is 34.6 Å². The lowest BCUT2D eigenvalue weighted by molar-refractivity contribution is -0.167. The first-order chi connectivity index (χ1) is 26.8. The topological polar surface area (TPSA) is 78.9 Å². The van der Waals surface area contributed by atoms with Crippen molar-refractivity contribution in [2.75, 3.05) is 13.2 Å². The van der Waals surface area contributed by atoms with Gasteiger partial charge in [0.25, 0.3) is 0 Å². The Morgan fingerprint density at radius 2 is 0.691 bits per heavy atom. The maximum atomic E-state index is 12.7. The van der Waals surface area contributed by atoms with E-state index in [-0.39, 0.29) is 31.1 Å². The van der Waals surface area contributed by atoms with Crippen molar-refractivity contribution in [3.8, 4) is 0 Å². The van der Waals surface area contributed by atoms with E-state index in [4.69, 9.17) is 14.2 Å². The van der Waals surface area contributed by atoms with Gasteiger partial charge >= 0.3 is 17.9 Å². The van der Waals surface area contributed by atoms with Crippen LogP contribution in [0.4, 0.5) is 0 Å². The van der Waals surface area contributed by atoms with Crippen molar-refractivity contribution in [2.24, 2.45) is 11.8 Å². The Morgan fingerprint density at radius 1 is 0.382 bits per heavy atom. The summed E-state index contributed by atoms with van der Waals surface area (Å²) in [5, 5.41) is 0. The molecule has 0 aliphatic carbocycles. The van der Waals surface area contributed by atoms with Gasteiger partial charge in [0, 0.05) is 19.3 Å². The second kappa shape index (κ2) is 42.0. The zero-order chi connectivity index (χ0) is 40.5. The van der Waals surface area contributed by atoms with Crippen LogP contribution in [0, 0.1) is 11.8 Å². The number of hydrogen-bond donors (Lipinski definition) is 0. The average Bonchev–Trinajstić information content (AvgIpc) is 3.17. The number of esters is 3. The molecule has 0 rings (SSSR count). The van der Waals surface area contributed by atoms with Crippen molar-refractivity contribution >= 4 is 17.9 Å². The molecule has 326 valence electrons. The van der Waals surface area contributed by atoms with Crippen molar-refractivity contribution in [2.45, 2.75) is 272 Å². The fourth-order valence-corrected chi connectivity index (χ4v) is 7.25. The lowest BCUT2D eigenvalue weighted by Gasteiger charge is -2.18. The summed E-state index contributed by atoms with van der Waals surface area (Å²) >= 11 is 0. The van der Waals surface area contributed by atoms with E-state index in [0.717, 1.165) is 69.6 Å². The SMILES string of the molecule is CCCCCCCCCCCCCC(=O)OC[C@@H](COC(=O)CCCCCCCCC(C)CC)OC(=O)CCCCCCCCCCCCCCCC(C)C. The number of carbonyl (C=O) groups excluding carboxylic acids is 3. The maximum absolute atomic E-state index is 12.7. The number of carbonyl (C=O) groups is 3. The summed E-state index contributed by atoms with van der Waals surface area (Å²) in [7, 11) is 0. The van der Waals surface area contributed by atoms with Gasteiger partial charge < -0.3 is 14.2 Å². The first-order valence-electron chi connectivity index (χ1n) is 24.3. The number of ether oxygens (including phenoxy) is 3. The third-order valence-electron chi connectivity index (χ3n) is 11.3. The van der Waals surface area contributed by atoms with Gasteiger partial charge in [-0.15, -0.1) is 0 Å². The van der Waals surface area contributed by atoms with Crippen LogP contribution in [0.1, 0.15) is 266 Å². The molecule has 0 heterocycles. The molecule has 0 amide bonds. The molecule has 0 aliphatic rings. The van der Waals surface area contributed by atoms with E-state index in [1.165, 1.54) is 154 Å². The highest BCUT2D eigenvalue weighted by molar-refractivity contribution is 5.71. The molecule has 0 radical (unpaired) electrons. The van der Waals surface area contributed by atoms with Gasteiger partial charge in [0.15, 0.2) is 6.10 Å². The molecule has 2 atom stereocenters. The van der Waals surface area contributed by atoms with E-state index in [1.807, 2.05) is 0 Å². The molecule has 1 unspecified atom stereocenters. The fraction of sp³-hybridized carbons (Fsp3) is 0.939. The molecule has 0 aromatic heterocycles. The molecule has 0 aliphatic heterocycles. The van der Waals surface area contributed by atoms with Crippen molar-refractivity contribution < 1.29 is 28.6 Å². The van der Waals surface area contributed by atoms with Crippen LogP contribution >= 0.6 is 0 Å². The molecule has 0 saturated carbocycles. The van der Waals surface area contributed by atoms with Crippen LogP contribution in [0.2, 0.25) is 0 Å². The van der Waals surface area contributed by atoms with Crippen molar-refractivity contribution in [3.05, 3.63) is 0 Å². The number of rotatable bonds is 43. The second-order valence-corrected chi connectivity index (χ2v) is 17.5. The van der Waals surface area contributed by atoms with E-state index in [0.29, 0.717) is 19.3 Å². The molecule has 0 aromatic rings. The lowest BCUT2D eigenvalue weighted by Crippen LogP contribution is -2.30. The summed E-state index contributed by atoms with van der Waals surface area (Å²) in [6.45, 7) is 11.3. The van der Waals surface area contributed by atoms with Gasteiger partial charge in [-0.25, -0.2) is 0 Å². The molecule has 0 spiro atoms. The summed E-state index contributed by atoms with van der Waals surface area (Å²) < 4.78 is 16.7. The Balaban J connectivity index is 4.31. The third-order valence-corrected chi connectivity index (χ3v) is 11.3. The molecule has 6 nitrogen and oxygen atoms in total. The first kappa shape index (κ1) is 53.4. The fourth-order valence-electron chi connectivity index (χ4n) is 7.25. The van der Waals surface area contributed by atoms with Crippen LogP contribution in [0.15, 0.2) is 0 Å². The molecule has 0 aromatic carbocycles. The van der Waals surface area contributed by atoms with E-state index >= 15 is 0 Å². The standard InChI is InChI=1S/C49H94O6/c1-6-8-9-10-11-12-16-20-23-29-34-39-47(50)53-42-46(43-54-48(51)40-35-30-26-25-28-33-38-45(5)7-2)55-49(52)41-36-31-24-21-18-15-13-14-17-19-22-27-32-37-44(3)4/h44-46H,6-43H2,1-5H3/t45?,46-/m0/s1. The Labute approximate surface area is 342 Å². The molecule has 0 fully saturated rings. The van der Waals surface area contributed by atoms with Gasteiger partial charge in [-0.05, 0) is 31.1 Å². The summed E-state index contributed by atoms with van der Waals surface area (Å²) in [6.07, 6.45) is 40.9. The first-order valence-corrected chi connectivity index (χ1v) is 24.3. The predicted octanol–water partition coefficient (Wildman–Crippen LogP) is 15.4. The van der Waals surface area contributed by atoms with Crippen molar-refractivity contribution in [1.29, 1.82) is 0 Å². The van der Waals surface area contributed by atoms with Gasteiger partial charge in [-0.3, -0.25) is 14.4 Å². The summed E-state index contributed by atoms with van der Waals surface area (Å²) in [4.78, 5) is 37.8. The summed E-state index contributed by atoms with van der Waals surface area (Å²) in [5.74, 6) is 0.797. The summed E-state index contributed by atoms with van der Waals surface area (Å²) in [6, 6.07) is 0. The van der Waals surface area contributed by atoms with Crippen LogP contribution in [0.3, 0.4) is 0 Å². The van der Waals surface area contributed by atoms with Gasteiger partial charge in [0.05, 0.1) is 0 Å². The smallest absolute Gasteiger partial charge is 0.306 e. The Kier molecular flexibility index (Phi) is 40.8. The Bertz CT molecular complexity index is 841. The van der Waals surface area contributed by atoms with Crippen molar-refractivity contribution in [1.82, 2.24) is 0 Å². The molecule has 0 saturated heterocycles. The minimum Gasteiger partial charge on any atom is -0.462 e. The van der Waals surface area contributed by atoms with Gasteiger partial charge in [0.2, 0.25) is 0 Å². The maximum Gasteiger partial charge on any atom is 0.306 e. The van der Waals surface area contributed by atoms with E-state index < -0.39 is 6.10 Å². The minimum atomic E-state index is -0.761. The number of hydrogen-bond acceptors (Lipinski definition) is 6. The largest absolute Gasteiger partial charge is 0.462 e. The molecular formula is C49H94O6. The molecule has 6 heteroatoms. The Morgan fingerprint density at radius 3 is 1.04 bits per heavy atom. The van der Waals surface area contributed by atoms with Crippen LogP contribution in [0.5, 0.6) is 0 Å². The average molecular weight is 779 g/mol. The predicted molar refractivity (Wildman–Crippen MR) is 233 cm³/mol. The number of unbranched alkanes of at least 4 members (excludes halogenated alkanes) is 27. The zero-order valence-electron chi connectivity index (χ0n) is 37.6. The van der Waals surface area contributed by atoms with Gasteiger partial charge in [0.1, 0.15) is 13.2 Å². The van der Waals surface area contributed by atoms with Gasteiger partial charge in [-0.2, -0.15) is 0 Å². The second-order valence-electron chi connectivity index (χ2n) is 17.5. The Hall–Kier alpha value is -1.59. The van der Waals surface area contributed by atoms with Crippen LogP contribution in [-0.4, -0.2) is 37.2 Å². The quantitative estimate of drug-likeness (QED) is 0.0348. The minimum absolute atomic E-state index is 0.0648. The molecule has 55 heavy (non-hydrogen) atoms. The highest BCUT2D eigenvalue weighted by Crippen LogP contribution is 2.17. The lowest BCUT2D eigenvalue weighted by atomic mass is 10.00. The normalized spacial score (nSPS) is 12.5. The molecule has 0 N–H and O–H groups in total. The highest BCUT2D eigenvalue weighted by Gasteiger charge is 2.19. The monoisotopic (exact) mass is 779 g/mol. The van der Waals surface area contributed by atoms with E-state index in [1.54, 1.807) is 0 Å². The van der Waals surface area contributed by atoms with E-state index in [9.17, 15) is 14.4 Å². The molecular weight excluding hydrogens is 685 g/mol. The third kappa shape index (κ3) is 41.9. The summed E-state index contributed by atoms with van der Waals surface area (Å²) in [5.41, 5.74) is 0. The molecule has 0 bridgehead atoms. The zero-order valence-corrected chi connectivity index (χ0v) is 37.6.